The van der Waals surface area contributed by atoms with E-state index in [9.17, 15) is 13.2 Å². The van der Waals surface area contributed by atoms with Crippen molar-refractivity contribution < 1.29 is 13.2 Å². The van der Waals surface area contributed by atoms with Crippen LogP contribution in [0.15, 0.2) is 42.5 Å². The molecule has 0 aliphatic heterocycles. The number of hydrogen-bond acceptors (Lipinski definition) is 4. The summed E-state index contributed by atoms with van der Waals surface area (Å²) in [5.74, 6) is 0.0170. The minimum atomic E-state index is -3.27. The number of nitrogens with one attached hydrogen (secondary N) is 1. The van der Waals surface area contributed by atoms with Crippen LogP contribution in [0.25, 0.3) is 11.0 Å². The summed E-state index contributed by atoms with van der Waals surface area (Å²) >= 11 is 0. The number of hydrogen-bond donors (Lipinski definition) is 1. The first kappa shape index (κ1) is 20.6. The van der Waals surface area contributed by atoms with E-state index in [-0.39, 0.29) is 24.2 Å². The van der Waals surface area contributed by atoms with Crippen LogP contribution in [0, 0.1) is 0 Å². The summed E-state index contributed by atoms with van der Waals surface area (Å²) in [6.07, 6.45) is 5.86. The van der Waals surface area contributed by atoms with Crippen molar-refractivity contribution in [3.63, 3.8) is 0 Å². The molecule has 6 nitrogen and oxygen atoms in total. The van der Waals surface area contributed by atoms with E-state index in [0.717, 1.165) is 23.9 Å². The topological polar surface area (TPSA) is 81.1 Å². The highest BCUT2D eigenvalue weighted by atomic mass is 32.2. The standard InChI is InChI=1S/C23H27N3O3S/c1-16(18-12-11-17-7-3-4-8-19(17)13-18)24-23(27)14-26-21-10-6-5-9-20(21)25-22(26)15-30(2,28)29/h5-6,9-13,16H,3-4,7-8,14-15H2,1-2H3,(H,24,27)/t16-/m0/s1. The molecule has 0 spiro atoms. The molecule has 0 unspecified atom stereocenters. The first-order chi connectivity index (χ1) is 14.3. The Morgan fingerprint density at radius 2 is 1.87 bits per heavy atom. The molecule has 7 heteroatoms. The minimum absolute atomic E-state index is 0.0284. The second kappa shape index (κ2) is 8.22. The van der Waals surface area contributed by atoms with Crippen molar-refractivity contribution in [1.29, 1.82) is 0 Å². The lowest BCUT2D eigenvalue weighted by molar-refractivity contribution is -0.122. The fourth-order valence-electron chi connectivity index (χ4n) is 4.18. The van der Waals surface area contributed by atoms with Crippen molar-refractivity contribution in [2.45, 2.75) is 50.9 Å². The number of amides is 1. The largest absolute Gasteiger partial charge is 0.348 e. The molecule has 0 saturated heterocycles. The molecule has 30 heavy (non-hydrogen) atoms. The second-order valence-corrected chi connectivity index (χ2v) is 10.3. The van der Waals surface area contributed by atoms with Gasteiger partial charge in [-0.3, -0.25) is 4.79 Å². The molecule has 1 atom stereocenters. The summed E-state index contributed by atoms with van der Waals surface area (Å²) < 4.78 is 25.4. The van der Waals surface area contributed by atoms with Gasteiger partial charge in [-0.15, -0.1) is 0 Å². The van der Waals surface area contributed by atoms with Gasteiger partial charge in [-0.1, -0.05) is 30.3 Å². The molecule has 1 amide bonds. The van der Waals surface area contributed by atoms with Gasteiger partial charge in [-0.05, 0) is 61.4 Å². The van der Waals surface area contributed by atoms with E-state index in [1.165, 1.54) is 30.2 Å². The number of carbonyl (C=O) groups excluding carboxylic acids is 1. The minimum Gasteiger partial charge on any atom is -0.348 e. The summed E-state index contributed by atoms with van der Waals surface area (Å²) in [4.78, 5) is 17.3. The molecular formula is C23H27N3O3S. The molecule has 0 bridgehead atoms. The average molecular weight is 426 g/mol. The van der Waals surface area contributed by atoms with E-state index >= 15 is 0 Å². The van der Waals surface area contributed by atoms with Crippen molar-refractivity contribution in [3.05, 3.63) is 65.0 Å². The van der Waals surface area contributed by atoms with Crippen molar-refractivity contribution in [1.82, 2.24) is 14.9 Å². The Morgan fingerprint density at radius 3 is 2.63 bits per heavy atom. The smallest absolute Gasteiger partial charge is 0.240 e. The van der Waals surface area contributed by atoms with Gasteiger partial charge in [-0.25, -0.2) is 13.4 Å². The highest BCUT2D eigenvalue weighted by Crippen LogP contribution is 2.25. The Morgan fingerprint density at radius 1 is 1.13 bits per heavy atom. The van der Waals surface area contributed by atoms with Gasteiger partial charge in [0.05, 0.1) is 17.1 Å². The Kier molecular flexibility index (Phi) is 5.64. The number of aromatic nitrogens is 2. The van der Waals surface area contributed by atoms with Gasteiger partial charge in [0.2, 0.25) is 5.91 Å². The number of sulfone groups is 1. The van der Waals surface area contributed by atoms with Crippen LogP contribution in [0.1, 0.15) is 48.3 Å². The quantitative estimate of drug-likeness (QED) is 0.657. The Bertz CT molecular complexity index is 1200. The molecule has 1 heterocycles. The van der Waals surface area contributed by atoms with Crippen molar-refractivity contribution >= 4 is 26.8 Å². The zero-order valence-electron chi connectivity index (χ0n) is 17.4. The number of imidazole rings is 1. The van der Waals surface area contributed by atoms with E-state index < -0.39 is 9.84 Å². The van der Waals surface area contributed by atoms with Gasteiger partial charge in [0.15, 0.2) is 9.84 Å². The van der Waals surface area contributed by atoms with E-state index in [2.05, 4.69) is 28.5 Å². The van der Waals surface area contributed by atoms with Gasteiger partial charge < -0.3 is 9.88 Å². The number of benzene rings is 2. The Balaban J connectivity index is 1.54. The van der Waals surface area contributed by atoms with Crippen LogP contribution < -0.4 is 5.32 Å². The Labute approximate surface area is 177 Å². The first-order valence-electron chi connectivity index (χ1n) is 10.3. The van der Waals surface area contributed by atoms with Crippen molar-refractivity contribution in [2.75, 3.05) is 6.26 Å². The van der Waals surface area contributed by atoms with E-state index in [1.54, 1.807) is 4.57 Å². The molecule has 158 valence electrons. The monoisotopic (exact) mass is 425 g/mol. The van der Waals surface area contributed by atoms with Crippen LogP contribution in [0.5, 0.6) is 0 Å². The molecule has 3 aromatic rings. The summed E-state index contributed by atoms with van der Waals surface area (Å²) in [5.41, 5.74) is 5.34. The molecule has 2 aromatic carbocycles. The van der Waals surface area contributed by atoms with Gasteiger partial charge >= 0.3 is 0 Å². The predicted octanol–water partition coefficient (Wildman–Crippen LogP) is 3.34. The second-order valence-electron chi connectivity index (χ2n) is 8.20. The summed E-state index contributed by atoms with van der Waals surface area (Å²) in [7, 11) is -3.27. The maximum absolute atomic E-state index is 12.8. The average Bonchev–Trinajstić information content (AvgIpc) is 3.02. The van der Waals surface area contributed by atoms with E-state index in [4.69, 9.17) is 0 Å². The number of aryl methyl sites for hydroxylation is 2. The normalized spacial score (nSPS) is 15.0. The van der Waals surface area contributed by atoms with Gasteiger partial charge in [0, 0.05) is 6.26 Å². The van der Waals surface area contributed by atoms with Crippen LogP contribution in [0.4, 0.5) is 0 Å². The summed E-state index contributed by atoms with van der Waals surface area (Å²) in [6, 6.07) is 13.7. The molecule has 1 aliphatic rings. The third-order valence-corrected chi connectivity index (χ3v) is 6.46. The number of nitrogens with zero attached hydrogens (tertiary/aromatic N) is 2. The van der Waals surface area contributed by atoms with Crippen molar-refractivity contribution in [2.24, 2.45) is 0 Å². The molecule has 0 radical (unpaired) electrons. The number of para-hydroxylation sites is 2. The molecule has 1 aromatic heterocycles. The summed E-state index contributed by atoms with van der Waals surface area (Å²) in [6.45, 7) is 2.01. The fraction of sp³-hybridized carbons (Fsp3) is 0.391. The highest BCUT2D eigenvalue weighted by Gasteiger charge is 2.19. The zero-order chi connectivity index (χ0) is 21.3. The van der Waals surface area contributed by atoms with Gasteiger partial charge in [0.1, 0.15) is 18.1 Å². The summed E-state index contributed by atoms with van der Waals surface area (Å²) in [5, 5.41) is 3.06. The fourth-order valence-corrected chi connectivity index (χ4v) is 4.87. The van der Waals surface area contributed by atoms with Crippen molar-refractivity contribution in [3.8, 4) is 0 Å². The third kappa shape index (κ3) is 4.56. The number of fused-ring (bicyclic) bond motifs is 2. The maximum atomic E-state index is 12.8. The lowest BCUT2D eigenvalue weighted by Crippen LogP contribution is -2.31. The maximum Gasteiger partial charge on any atom is 0.240 e. The van der Waals surface area contributed by atoms with Gasteiger partial charge in [0.25, 0.3) is 0 Å². The lowest BCUT2D eigenvalue weighted by atomic mass is 9.89. The SMILES string of the molecule is C[C@H](NC(=O)Cn1c(CS(C)(=O)=O)nc2ccccc21)c1ccc2c(c1)CCCC2. The van der Waals surface area contributed by atoms with E-state index in [0.29, 0.717) is 11.3 Å². The Hall–Kier alpha value is -2.67. The molecule has 1 aliphatic carbocycles. The van der Waals surface area contributed by atoms with Crippen LogP contribution in [-0.2, 0) is 39.8 Å². The molecule has 1 N–H and O–H groups in total. The first-order valence-corrected chi connectivity index (χ1v) is 12.4. The highest BCUT2D eigenvalue weighted by molar-refractivity contribution is 7.89. The predicted molar refractivity (Wildman–Crippen MR) is 118 cm³/mol. The lowest BCUT2D eigenvalue weighted by Gasteiger charge is -2.20. The molecule has 0 fully saturated rings. The van der Waals surface area contributed by atoms with Crippen LogP contribution >= 0.6 is 0 Å². The molecule has 0 saturated carbocycles. The van der Waals surface area contributed by atoms with Gasteiger partial charge in [-0.2, -0.15) is 0 Å². The zero-order valence-corrected chi connectivity index (χ0v) is 18.2. The van der Waals surface area contributed by atoms with Crippen LogP contribution in [0.3, 0.4) is 0 Å². The number of carbonyl (C=O) groups is 1. The van der Waals surface area contributed by atoms with Crippen LogP contribution in [0.2, 0.25) is 0 Å². The molecular weight excluding hydrogens is 398 g/mol. The van der Waals surface area contributed by atoms with Crippen LogP contribution in [-0.4, -0.2) is 30.1 Å². The third-order valence-electron chi connectivity index (χ3n) is 5.68. The van der Waals surface area contributed by atoms with E-state index in [1.807, 2.05) is 31.2 Å². The number of rotatable bonds is 6. The molecule has 4 rings (SSSR count).